The van der Waals surface area contributed by atoms with Crippen LogP contribution in [0.1, 0.15) is 23.7 Å². The van der Waals surface area contributed by atoms with E-state index in [0.29, 0.717) is 5.84 Å². The Labute approximate surface area is 192 Å². The van der Waals surface area contributed by atoms with E-state index < -0.39 is 23.3 Å². The van der Waals surface area contributed by atoms with E-state index in [9.17, 15) is 14.4 Å². The first-order chi connectivity index (χ1) is 15.3. The Kier molecular flexibility index (Phi) is 5.62. The number of amides is 2. The van der Waals surface area contributed by atoms with E-state index in [1.807, 2.05) is 0 Å². The fraction of sp³-hybridized carbons (Fsp3) is 0.190. The van der Waals surface area contributed by atoms with Gasteiger partial charge in [-0.05, 0) is 31.2 Å². The molecule has 2 aliphatic heterocycles. The number of nitrogens with zero attached hydrogens (tertiary/aromatic N) is 3. The minimum atomic E-state index is -1.34. The maximum atomic E-state index is 13.3. The van der Waals surface area contributed by atoms with E-state index in [-0.39, 0.29) is 39.2 Å². The smallest absolute Gasteiger partial charge is 0.345 e. The van der Waals surface area contributed by atoms with Gasteiger partial charge in [-0.1, -0.05) is 40.5 Å². The molecule has 1 aromatic carbocycles. The molecule has 0 fully saturated rings. The zero-order chi connectivity index (χ0) is 23.0. The largest absolute Gasteiger partial charge is 0.465 e. The summed E-state index contributed by atoms with van der Waals surface area (Å²) in [6, 6.07) is 4.78. The summed E-state index contributed by atoms with van der Waals surface area (Å²) in [5.41, 5.74) is -1.24. The minimum absolute atomic E-state index is 0.00989. The van der Waals surface area contributed by atoms with Gasteiger partial charge in [0.15, 0.2) is 5.56 Å². The summed E-state index contributed by atoms with van der Waals surface area (Å²) in [7, 11) is 1.17. The molecule has 32 heavy (non-hydrogen) atoms. The third-order valence-electron chi connectivity index (χ3n) is 5.10. The van der Waals surface area contributed by atoms with Crippen LogP contribution in [-0.4, -0.2) is 46.3 Å². The maximum Gasteiger partial charge on any atom is 0.345 e. The molecule has 2 aromatic rings. The van der Waals surface area contributed by atoms with E-state index in [2.05, 4.69) is 15.5 Å². The van der Waals surface area contributed by atoms with Crippen molar-refractivity contribution in [3.8, 4) is 11.3 Å². The zero-order valence-electron chi connectivity index (χ0n) is 16.9. The molecule has 0 bridgehead atoms. The molecule has 11 heteroatoms. The summed E-state index contributed by atoms with van der Waals surface area (Å²) in [5, 5.41) is 6.92. The van der Waals surface area contributed by atoms with Gasteiger partial charge in [0.25, 0.3) is 11.8 Å². The van der Waals surface area contributed by atoms with Crippen molar-refractivity contribution in [1.82, 2.24) is 10.1 Å². The average Bonchev–Trinajstić information content (AvgIpc) is 3.16. The lowest BCUT2D eigenvalue weighted by Crippen LogP contribution is -2.58. The number of carbonyl (C=O) groups is 3. The summed E-state index contributed by atoms with van der Waals surface area (Å²) in [6.07, 6.45) is 6.49. The predicted molar refractivity (Wildman–Crippen MR) is 118 cm³/mol. The molecule has 9 nitrogen and oxygen atoms in total. The number of carbonyl (C=O) groups excluding carboxylic acids is 3. The Balaban J connectivity index is 1.75. The Morgan fingerprint density at radius 3 is 2.66 bits per heavy atom. The van der Waals surface area contributed by atoms with Crippen molar-refractivity contribution in [2.45, 2.75) is 18.9 Å². The summed E-state index contributed by atoms with van der Waals surface area (Å²) in [6.45, 7) is 1.58. The normalized spacial score (nSPS) is 19.4. The van der Waals surface area contributed by atoms with Crippen LogP contribution in [0.5, 0.6) is 0 Å². The summed E-state index contributed by atoms with van der Waals surface area (Å²) >= 11 is 12.5. The van der Waals surface area contributed by atoms with Gasteiger partial charge in [0.05, 0.1) is 23.6 Å². The molecule has 1 N–H and O–H groups in total. The molecule has 2 amide bonds. The van der Waals surface area contributed by atoms with Gasteiger partial charge in [-0.25, -0.2) is 4.79 Å². The van der Waals surface area contributed by atoms with E-state index in [4.69, 9.17) is 32.5 Å². The summed E-state index contributed by atoms with van der Waals surface area (Å²) < 4.78 is 10.1. The fourth-order valence-electron chi connectivity index (χ4n) is 3.48. The van der Waals surface area contributed by atoms with Gasteiger partial charge < -0.3 is 14.2 Å². The number of anilines is 1. The second-order valence-electron chi connectivity index (χ2n) is 7.16. The topological polar surface area (TPSA) is 114 Å². The number of methoxy groups -OCH3 is 1. The number of hydrogen-bond donors (Lipinski definition) is 1. The van der Waals surface area contributed by atoms with Crippen molar-refractivity contribution >= 4 is 52.7 Å². The van der Waals surface area contributed by atoms with Crippen molar-refractivity contribution in [2.75, 3.05) is 12.4 Å². The zero-order valence-corrected chi connectivity index (χ0v) is 18.4. The predicted octanol–water partition coefficient (Wildman–Crippen LogP) is 3.85. The van der Waals surface area contributed by atoms with Crippen LogP contribution in [0.25, 0.3) is 11.3 Å². The Morgan fingerprint density at radius 1 is 1.25 bits per heavy atom. The number of aliphatic imine (C=N–C) groups is 1. The molecule has 3 heterocycles. The molecule has 0 spiro atoms. The number of aromatic nitrogens is 1. The van der Waals surface area contributed by atoms with E-state index in [0.717, 1.165) is 0 Å². The van der Waals surface area contributed by atoms with E-state index >= 15 is 0 Å². The number of allylic oxidation sites excluding steroid dienone is 2. The van der Waals surface area contributed by atoms with Crippen LogP contribution in [0, 0.1) is 0 Å². The highest BCUT2D eigenvalue weighted by atomic mass is 35.5. The number of ether oxygens (including phenoxy) is 1. The number of rotatable bonds is 4. The van der Waals surface area contributed by atoms with Crippen LogP contribution in [0.4, 0.5) is 5.88 Å². The molecule has 1 unspecified atom stereocenters. The average molecular weight is 475 g/mol. The number of hydrogen-bond acceptors (Lipinski definition) is 7. The van der Waals surface area contributed by atoms with Crippen LogP contribution in [0.15, 0.2) is 52.1 Å². The first-order valence-corrected chi connectivity index (χ1v) is 10.1. The van der Waals surface area contributed by atoms with Gasteiger partial charge in [0.2, 0.25) is 5.88 Å². The standard InChI is InChI=1S/C21H16Cl2N4O5/c1-21(10-14(28)24-13-8-3-4-9-27(13)21)20(30)25-18-16(19(29)31-2)17(26-32-18)15-11(22)6-5-7-12(15)23/h3-9H,10H2,1-2H3,(H,25,30). The van der Waals surface area contributed by atoms with Crippen molar-refractivity contribution in [1.29, 1.82) is 0 Å². The van der Waals surface area contributed by atoms with Crippen LogP contribution < -0.4 is 5.32 Å². The van der Waals surface area contributed by atoms with Crippen molar-refractivity contribution < 1.29 is 23.6 Å². The number of nitrogens with one attached hydrogen (secondary N) is 1. The minimum Gasteiger partial charge on any atom is -0.465 e. The molecule has 0 radical (unpaired) electrons. The molecule has 164 valence electrons. The highest BCUT2D eigenvalue weighted by molar-refractivity contribution is 6.39. The second-order valence-corrected chi connectivity index (χ2v) is 7.98. The third kappa shape index (κ3) is 3.59. The fourth-order valence-corrected chi connectivity index (χ4v) is 4.05. The number of fused-ring (bicyclic) bond motifs is 1. The van der Waals surface area contributed by atoms with E-state index in [1.165, 1.54) is 7.11 Å². The van der Waals surface area contributed by atoms with Crippen LogP contribution in [-0.2, 0) is 14.3 Å². The molecule has 0 saturated carbocycles. The van der Waals surface area contributed by atoms with Crippen molar-refractivity contribution in [2.24, 2.45) is 4.99 Å². The van der Waals surface area contributed by atoms with Gasteiger partial charge in [-0.2, -0.15) is 4.99 Å². The SMILES string of the molecule is COC(=O)c1c(-c2c(Cl)cccc2Cl)noc1NC(=O)C1(C)CC(=O)N=C2C=CC=CN21. The highest BCUT2D eigenvalue weighted by Crippen LogP contribution is 2.39. The van der Waals surface area contributed by atoms with Crippen molar-refractivity contribution in [3.05, 3.63) is 58.2 Å². The number of benzene rings is 1. The maximum absolute atomic E-state index is 13.3. The van der Waals surface area contributed by atoms with Crippen LogP contribution in [0.2, 0.25) is 10.0 Å². The number of esters is 1. The molecule has 1 aromatic heterocycles. The third-order valence-corrected chi connectivity index (χ3v) is 5.73. The first kappa shape index (κ1) is 21.8. The van der Waals surface area contributed by atoms with Gasteiger partial charge in [-0.3, -0.25) is 14.9 Å². The lowest BCUT2D eigenvalue weighted by Gasteiger charge is -2.41. The summed E-state index contributed by atoms with van der Waals surface area (Å²) in [5.74, 6) is -1.82. The molecule has 4 rings (SSSR count). The monoisotopic (exact) mass is 474 g/mol. The van der Waals surface area contributed by atoms with Gasteiger partial charge in [0, 0.05) is 11.8 Å². The van der Waals surface area contributed by atoms with Gasteiger partial charge in [0.1, 0.15) is 17.1 Å². The van der Waals surface area contributed by atoms with Gasteiger partial charge >= 0.3 is 5.97 Å². The molecular formula is C21H16Cl2N4O5. The number of amidine groups is 1. The second kappa shape index (κ2) is 8.25. The Hall–Kier alpha value is -3.43. The van der Waals surface area contributed by atoms with E-state index in [1.54, 1.807) is 54.5 Å². The van der Waals surface area contributed by atoms with Gasteiger partial charge in [-0.15, -0.1) is 0 Å². The Morgan fingerprint density at radius 2 is 1.97 bits per heavy atom. The van der Waals surface area contributed by atoms with Crippen LogP contribution in [0.3, 0.4) is 0 Å². The molecule has 0 aliphatic carbocycles. The van der Waals surface area contributed by atoms with Crippen molar-refractivity contribution in [3.63, 3.8) is 0 Å². The quantitative estimate of drug-likeness (QED) is 0.669. The number of halogens is 2. The Bertz CT molecular complexity index is 1210. The molecular weight excluding hydrogens is 459 g/mol. The first-order valence-electron chi connectivity index (χ1n) is 9.36. The van der Waals surface area contributed by atoms with Crippen LogP contribution >= 0.6 is 23.2 Å². The summed E-state index contributed by atoms with van der Waals surface area (Å²) in [4.78, 5) is 43.6. The molecule has 1 atom stereocenters. The highest BCUT2D eigenvalue weighted by Gasteiger charge is 2.46. The lowest BCUT2D eigenvalue weighted by atomic mass is 9.91. The molecule has 0 saturated heterocycles. The lowest BCUT2D eigenvalue weighted by molar-refractivity contribution is -0.131. The molecule has 2 aliphatic rings.